The van der Waals surface area contributed by atoms with E-state index in [9.17, 15) is 0 Å². The van der Waals surface area contributed by atoms with Gasteiger partial charge in [0.2, 0.25) is 11.7 Å². The van der Waals surface area contributed by atoms with Crippen LogP contribution in [0.15, 0.2) is 22.9 Å². The molecule has 0 amide bonds. The van der Waals surface area contributed by atoms with Gasteiger partial charge < -0.3 is 15.2 Å². The molecule has 2 rings (SSSR count). The van der Waals surface area contributed by atoms with Crippen molar-refractivity contribution >= 4 is 0 Å². The second-order valence-corrected chi connectivity index (χ2v) is 4.58. The van der Waals surface area contributed by atoms with Crippen LogP contribution in [0.1, 0.15) is 26.2 Å². The van der Waals surface area contributed by atoms with Crippen molar-refractivity contribution in [2.24, 2.45) is 5.73 Å². The van der Waals surface area contributed by atoms with Crippen molar-refractivity contribution < 1.29 is 4.52 Å². The maximum absolute atomic E-state index is 5.89. The summed E-state index contributed by atoms with van der Waals surface area (Å²) in [7, 11) is 0. The fraction of sp³-hybridized carbons (Fsp3) is 0.455. The Kier molecular flexibility index (Phi) is 2.78. The van der Waals surface area contributed by atoms with Gasteiger partial charge in [-0.2, -0.15) is 4.98 Å². The zero-order chi connectivity index (χ0) is 11.6. The van der Waals surface area contributed by atoms with Crippen molar-refractivity contribution in [1.82, 2.24) is 15.1 Å². The van der Waals surface area contributed by atoms with Gasteiger partial charge in [0.1, 0.15) is 0 Å². The standard InChI is InChI=1S/C11H16N4O/c1-11(2,12)6-5-9-14-10(15-16-9)8-4-3-7-13-8/h3-4,7,13H,5-6,12H2,1-2H3. The molecular weight excluding hydrogens is 204 g/mol. The van der Waals surface area contributed by atoms with E-state index < -0.39 is 0 Å². The number of aryl methyl sites for hydroxylation is 1. The number of H-pyrrole nitrogens is 1. The molecule has 0 bridgehead atoms. The lowest BCUT2D eigenvalue weighted by Crippen LogP contribution is -2.32. The summed E-state index contributed by atoms with van der Waals surface area (Å²) in [6, 6.07) is 3.80. The van der Waals surface area contributed by atoms with Crippen LogP contribution in [0.4, 0.5) is 0 Å². The first-order valence-electron chi connectivity index (χ1n) is 5.30. The van der Waals surface area contributed by atoms with Gasteiger partial charge in [0.25, 0.3) is 0 Å². The Morgan fingerprint density at radius 3 is 2.94 bits per heavy atom. The van der Waals surface area contributed by atoms with Crippen molar-refractivity contribution in [3.8, 4) is 11.5 Å². The Balaban J connectivity index is 2.03. The number of hydrogen-bond donors (Lipinski definition) is 2. The van der Waals surface area contributed by atoms with Crippen LogP contribution in [0.5, 0.6) is 0 Å². The van der Waals surface area contributed by atoms with E-state index in [1.54, 1.807) is 0 Å². The maximum atomic E-state index is 5.89. The highest BCUT2D eigenvalue weighted by molar-refractivity contribution is 5.47. The SMILES string of the molecule is CC(C)(N)CCc1nc(-c2ccc[nH]2)no1. The molecule has 86 valence electrons. The number of rotatable bonds is 4. The van der Waals surface area contributed by atoms with Crippen molar-refractivity contribution in [1.29, 1.82) is 0 Å². The highest BCUT2D eigenvalue weighted by Gasteiger charge is 2.14. The Morgan fingerprint density at radius 2 is 2.31 bits per heavy atom. The molecule has 2 heterocycles. The lowest BCUT2D eigenvalue weighted by molar-refractivity contribution is 0.358. The molecule has 0 unspecified atom stereocenters. The molecule has 0 aliphatic heterocycles. The number of nitrogens with one attached hydrogen (secondary N) is 1. The Bertz CT molecular complexity index is 439. The largest absolute Gasteiger partial charge is 0.359 e. The molecule has 0 aliphatic rings. The number of hydrogen-bond acceptors (Lipinski definition) is 4. The highest BCUT2D eigenvalue weighted by atomic mass is 16.5. The molecule has 0 spiro atoms. The Morgan fingerprint density at radius 1 is 1.50 bits per heavy atom. The van der Waals surface area contributed by atoms with Crippen LogP contribution >= 0.6 is 0 Å². The Labute approximate surface area is 94.0 Å². The number of nitrogens with zero attached hydrogens (tertiary/aromatic N) is 2. The van der Waals surface area contributed by atoms with Crippen LogP contribution in [0, 0.1) is 0 Å². The summed E-state index contributed by atoms with van der Waals surface area (Å²) in [6.45, 7) is 3.96. The molecule has 0 fully saturated rings. The fourth-order valence-electron chi connectivity index (χ4n) is 1.36. The minimum absolute atomic E-state index is 0.207. The summed E-state index contributed by atoms with van der Waals surface area (Å²) in [5.74, 6) is 1.22. The monoisotopic (exact) mass is 220 g/mol. The molecule has 5 nitrogen and oxygen atoms in total. The van der Waals surface area contributed by atoms with Gasteiger partial charge >= 0.3 is 0 Å². The third-order valence-corrected chi connectivity index (χ3v) is 2.29. The number of aromatic amines is 1. The molecule has 0 aliphatic carbocycles. The van der Waals surface area contributed by atoms with Crippen molar-refractivity contribution in [2.75, 3.05) is 0 Å². The molecule has 0 saturated heterocycles. The average molecular weight is 220 g/mol. The summed E-state index contributed by atoms with van der Waals surface area (Å²) >= 11 is 0. The lowest BCUT2D eigenvalue weighted by atomic mass is 10.0. The summed E-state index contributed by atoms with van der Waals surface area (Å²) < 4.78 is 5.15. The molecule has 0 saturated carbocycles. The first-order chi connectivity index (χ1) is 7.54. The summed E-state index contributed by atoms with van der Waals surface area (Å²) in [5.41, 5.74) is 6.54. The van der Waals surface area contributed by atoms with E-state index in [0.717, 1.165) is 12.1 Å². The predicted octanol–water partition coefficient (Wildman–Crippen LogP) is 1.73. The fourth-order valence-corrected chi connectivity index (χ4v) is 1.36. The van der Waals surface area contributed by atoms with Crippen molar-refractivity contribution in [2.45, 2.75) is 32.2 Å². The van der Waals surface area contributed by atoms with Crippen LogP contribution in [0.25, 0.3) is 11.5 Å². The van der Waals surface area contributed by atoms with Gasteiger partial charge in [-0.05, 0) is 32.4 Å². The third-order valence-electron chi connectivity index (χ3n) is 2.29. The quantitative estimate of drug-likeness (QED) is 0.822. The Hall–Kier alpha value is -1.62. The van der Waals surface area contributed by atoms with E-state index in [1.807, 2.05) is 32.2 Å². The molecular formula is C11H16N4O. The zero-order valence-electron chi connectivity index (χ0n) is 9.53. The minimum atomic E-state index is -0.207. The van der Waals surface area contributed by atoms with E-state index >= 15 is 0 Å². The van der Waals surface area contributed by atoms with Crippen LogP contribution in [-0.2, 0) is 6.42 Å². The topological polar surface area (TPSA) is 80.7 Å². The molecule has 16 heavy (non-hydrogen) atoms. The predicted molar refractivity (Wildman–Crippen MR) is 60.7 cm³/mol. The first-order valence-corrected chi connectivity index (χ1v) is 5.30. The van der Waals surface area contributed by atoms with Gasteiger partial charge in [0.15, 0.2) is 0 Å². The smallest absolute Gasteiger partial charge is 0.227 e. The molecule has 0 radical (unpaired) electrons. The number of nitrogens with two attached hydrogens (primary N) is 1. The van der Waals surface area contributed by atoms with E-state index in [0.29, 0.717) is 18.1 Å². The van der Waals surface area contributed by atoms with Crippen molar-refractivity contribution in [3.63, 3.8) is 0 Å². The van der Waals surface area contributed by atoms with Gasteiger partial charge in [-0.1, -0.05) is 5.16 Å². The van der Waals surface area contributed by atoms with Gasteiger partial charge in [-0.15, -0.1) is 0 Å². The summed E-state index contributed by atoms with van der Waals surface area (Å²) in [5, 5.41) is 3.90. The van der Waals surface area contributed by atoms with Gasteiger partial charge in [0.05, 0.1) is 5.69 Å². The third kappa shape index (κ3) is 2.70. The van der Waals surface area contributed by atoms with Crippen LogP contribution in [0.3, 0.4) is 0 Å². The average Bonchev–Trinajstić information content (AvgIpc) is 2.84. The van der Waals surface area contributed by atoms with Gasteiger partial charge in [-0.3, -0.25) is 0 Å². The van der Waals surface area contributed by atoms with Crippen molar-refractivity contribution in [3.05, 3.63) is 24.2 Å². The highest BCUT2D eigenvalue weighted by Crippen LogP contribution is 2.15. The lowest BCUT2D eigenvalue weighted by Gasteiger charge is -2.16. The normalized spacial score (nSPS) is 11.9. The van der Waals surface area contributed by atoms with E-state index in [4.69, 9.17) is 10.3 Å². The molecule has 3 N–H and O–H groups in total. The van der Waals surface area contributed by atoms with Gasteiger partial charge in [0, 0.05) is 18.2 Å². The molecule has 0 aromatic carbocycles. The molecule has 2 aromatic rings. The van der Waals surface area contributed by atoms with Crippen LogP contribution < -0.4 is 5.73 Å². The van der Waals surface area contributed by atoms with E-state index in [2.05, 4.69) is 15.1 Å². The minimum Gasteiger partial charge on any atom is -0.359 e. The maximum Gasteiger partial charge on any atom is 0.227 e. The molecule has 2 aromatic heterocycles. The summed E-state index contributed by atoms with van der Waals surface area (Å²) in [6.07, 6.45) is 3.35. The molecule has 0 atom stereocenters. The number of aromatic nitrogens is 3. The van der Waals surface area contributed by atoms with Crippen LogP contribution in [0.2, 0.25) is 0 Å². The first kappa shape index (κ1) is 10.9. The second-order valence-electron chi connectivity index (χ2n) is 4.58. The summed E-state index contributed by atoms with van der Waals surface area (Å²) in [4.78, 5) is 7.32. The van der Waals surface area contributed by atoms with Crippen LogP contribution in [-0.4, -0.2) is 20.7 Å². The molecule has 5 heteroatoms. The zero-order valence-corrected chi connectivity index (χ0v) is 9.53. The van der Waals surface area contributed by atoms with Gasteiger partial charge in [-0.25, -0.2) is 0 Å². The van der Waals surface area contributed by atoms with E-state index in [-0.39, 0.29) is 5.54 Å². The second kappa shape index (κ2) is 4.09. The van der Waals surface area contributed by atoms with E-state index in [1.165, 1.54) is 0 Å².